The molecule has 0 aliphatic heterocycles. The smallest absolute Gasteiger partial charge is 0.237 e. The number of hydrogen-bond acceptors (Lipinski definition) is 2. The molecule has 2 N–H and O–H groups in total. The second-order valence-electron chi connectivity index (χ2n) is 6.20. The van der Waals surface area contributed by atoms with Crippen LogP contribution in [-0.2, 0) is 4.79 Å². The molecule has 0 spiro atoms. The highest BCUT2D eigenvalue weighted by molar-refractivity contribution is 5.82. The molecule has 3 heteroatoms. The SMILES string of the molecule is CCC(C)(C)NC(=O)C(C)NC(C)CC1CC1. The van der Waals surface area contributed by atoms with Crippen LogP contribution in [0.4, 0.5) is 0 Å². The number of carbonyl (C=O) groups excluding carboxylic acids is 1. The molecule has 1 amide bonds. The maximum absolute atomic E-state index is 12.0. The summed E-state index contributed by atoms with van der Waals surface area (Å²) in [6.07, 6.45) is 4.89. The summed E-state index contributed by atoms with van der Waals surface area (Å²) in [4.78, 5) is 12.0. The first-order valence-corrected chi connectivity index (χ1v) is 6.92. The van der Waals surface area contributed by atoms with Crippen LogP contribution in [-0.4, -0.2) is 23.5 Å². The Labute approximate surface area is 106 Å². The van der Waals surface area contributed by atoms with Crippen LogP contribution in [0.25, 0.3) is 0 Å². The molecule has 0 aromatic carbocycles. The number of hydrogen-bond donors (Lipinski definition) is 2. The van der Waals surface area contributed by atoms with Gasteiger partial charge in [-0.1, -0.05) is 19.8 Å². The summed E-state index contributed by atoms with van der Waals surface area (Å²) in [5.74, 6) is 1.01. The molecular formula is C14H28N2O. The summed E-state index contributed by atoms with van der Waals surface area (Å²) < 4.78 is 0. The van der Waals surface area contributed by atoms with Crippen molar-refractivity contribution in [2.45, 2.75) is 77.9 Å². The summed E-state index contributed by atoms with van der Waals surface area (Å²) in [6.45, 7) is 10.3. The Bertz CT molecular complexity index is 259. The van der Waals surface area contributed by atoms with Crippen LogP contribution in [0.2, 0.25) is 0 Å². The molecule has 1 aliphatic rings. The Hall–Kier alpha value is -0.570. The largest absolute Gasteiger partial charge is 0.350 e. The summed E-state index contributed by atoms with van der Waals surface area (Å²) in [6, 6.07) is 0.336. The first-order valence-electron chi connectivity index (χ1n) is 6.92. The Morgan fingerprint density at radius 2 is 1.94 bits per heavy atom. The molecule has 1 rings (SSSR count). The van der Waals surface area contributed by atoms with Crippen LogP contribution in [0.1, 0.15) is 60.3 Å². The number of nitrogens with one attached hydrogen (secondary N) is 2. The molecule has 1 fully saturated rings. The van der Waals surface area contributed by atoms with E-state index >= 15 is 0 Å². The van der Waals surface area contributed by atoms with Crippen LogP contribution in [0.15, 0.2) is 0 Å². The van der Waals surface area contributed by atoms with Gasteiger partial charge in [-0.15, -0.1) is 0 Å². The van der Waals surface area contributed by atoms with Gasteiger partial charge in [0.25, 0.3) is 0 Å². The van der Waals surface area contributed by atoms with Crippen molar-refractivity contribution >= 4 is 5.91 Å². The molecule has 0 bridgehead atoms. The molecule has 0 aromatic rings. The summed E-state index contributed by atoms with van der Waals surface area (Å²) in [7, 11) is 0. The average Bonchev–Trinajstić information content (AvgIpc) is 3.00. The zero-order valence-electron chi connectivity index (χ0n) is 12.0. The predicted molar refractivity (Wildman–Crippen MR) is 71.9 cm³/mol. The van der Waals surface area contributed by atoms with E-state index in [1.165, 1.54) is 19.3 Å². The standard InChI is InChI=1S/C14H28N2O/c1-6-14(4,5)16-13(17)11(3)15-10(2)9-12-7-8-12/h10-12,15H,6-9H2,1-5H3,(H,16,17). The lowest BCUT2D eigenvalue weighted by Gasteiger charge is -2.28. The van der Waals surface area contributed by atoms with Crippen LogP contribution in [0.3, 0.4) is 0 Å². The fourth-order valence-corrected chi connectivity index (χ4v) is 1.95. The Morgan fingerprint density at radius 1 is 1.35 bits per heavy atom. The van der Waals surface area contributed by atoms with E-state index in [1.54, 1.807) is 0 Å². The van der Waals surface area contributed by atoms with Crippen molar-refractivity contribution in [2.75, 3.05) is 0 Å². The van der Waals surface area contributed by atoms with Gasteiger partial charge in [0, 0.05) is 11.6 Å². The van der Waals surface area contributed by atoms with Crippen molar-refractivity contribution in [1.29, 1.82) is 0 Å². The van der Waals surface area contributed by atoms with Gasteiger partial charge in [-0.2, -0.15) is 0 Å². The van der Waals surface area contributed by atoms with E-state index in [-0.39, 0.29) is 17.5 Å². The molecule has 0 saturated heterocycles. The minimum absolute atomic E-state index is 0.102. The highest BCUT2D eigenvalue weighted by Gasteiger charge is 2.26. The average molecular weight is 240 g/mol. The van der Waals surface area contributed by atoms with E-state index in [1.807, 2.05) is 6.92 Å². The molecule has 17 heavy (non-hydrogen) atoms. The van der Waals surface area contributed by atoms with Gasteiger partial charge in [0.2, 0.25) is 5.91 Å². The van der Waals surface area contributed by atoms with E-state index in [2.05, 4.69) is 38.3 Å². The normalized spacial score (nSPS) is 19.8. The van der Waals surface area contributed by atoms with Crippen LogP contribution < -0.4 is 10.6 Å². The van der Waals surface area contributed by atoms with Crippen molar-refractivity contribution in [2.24, 2.45) is 5.92 Å². The van der Waals surface area contributed by atoms with Gasteiger partial charge in [0.05, 0.1) is 6.04 Å². The summed E-state index contributed by atoms with van der Waals surface area (Å²) >= 11 is 0. The van der Waals surface area contributed by atoms with Crippen molar-refractivity contribution < 1.29 is 4.79 Å². The molecule has 100 valence electrons. The third-order valence-electron chi connectivity index (χ3n) is 3.66. The van der Waals surface area contributed by atoms with Crippen molar-refractivity contribution in [3.05, 3.63) is 0 Å². The maximum atomic E-state index is 12.0. The van der Waals surface area contributed by atoms with Gasteiger partial charge < -0.3 is 10.6 Å². The molecule has 3 nitrogen and oxygen atoms in total. The highest BCUT2D eigenvalue weighted by atomic mass is 16.2. The minimum Gasteiger partial charge on any atom is -0.350 e. The van der Waals surface area contributed by atoms with Gasteiger partial charge in [-0.25, -0.2) is 0 Å². The number of rotatable bonds is 7. The van der Waals surface area contributed by atoms with Gasteiger partial charge in [-0.05, 0) is 46.5 Å². The van der Waals surface area contributed by atoms with Gasteiger partial charge >= 0.3 is 0 Å². The second-order valence-corrected chi connectivity index (χ2v) is 6.20. The van der Waals surface area contributed by atoms with Crippen molar-refractivity contribution in [1.82, 2.24) is 10.6 Å². The fraction of sp³-hybridized carbons (Fsp3) is 0.929. The molecular weight excluding hydrogens is 212 g/mol. The molecule has 2 unspecified atom stereocenters. The van der Waals surface area contributed by atoms with Gasteiger partial charge in [-0.3, -0.25) is 4.79 Å². The monoisotopic (exact) mass is 240 g/mol. The zero-order chi connectivity index (χ0) is 13.1. The molecule has 1 saturated carbocycles. The lowest BCUT2D eigenvalue weighted by Crippen LogP contribution is -2.52. The third kappa shape index (κ3) is 5.53. The third-order valence-corrected chi connectivity index (χ3v) is 3.66. The predicted octanol–water partition coefficient (Wildman–Crippen LogP) is 2.46. The number of carbonyl (C=O) groups is 1. The van der Waals surface area contributed by atoms with E-state index in [4.69, 9.17) is 0 Å². The Balaban J connectivity index is 2.29. The fourth-order valence-electron chi connectivity index (χ4n) is 1.95. The molecule has 0 aromatic heterocycles. The van der Waals surface area contributed by atoms with E-state index in [9.17, 15) is 4.79 Å². The van der Waals surface area contributed by atoms with Gasteiger partial charge in [0.1, 0.15) is 0 Å². The Kier molecular flexibility index (Phi) is 4.99. The quantitative estimate of drug-likeness (QED) is 0.717. The molecule has 1 aliphatic carbocycles. The summed E-state index contributed by atoms with van der Waals surface area (Å²) in [5.41, 5.74) is -0.104. The lowest BCUT2D eigenvalue weighted by molar-refractivity contribution is -0.124. The minimum atomic E-state index is -0.104. The zero-order valence-corrected chi connectivity index (χ0v) is 12.0. The number of amides is 1. The Morgan fingerprint density at radius 3 is 2.41 bits per heavy atom. The molecule has 0 heterocycles. The van der Waals surface area contributed by atoms with Crippen LogP contribution in [0, 0.1) is 5.92 Å². The first kappa shape index (κ1) is 14.5. The highest BCUT2D eigenvalue weighted by Crippen LogP contribution is 2.33. The van der Waals surface area contributed by atoms with Crippen LogP contribution >= 0.6 is 0 Å². The lowest BCUT2D eigenvalue weighted by atomic mass is 10.0. The van der Waals surface area contributed by atoms with Crippen molar-refractivity contribution in [3.8, 4) is 0 Å². The van der Waals surface area contributed by atoms with Gasteiger partial charge in [0.15, 0.2) is 0 Å². The molecule has 2 atom stereocenters. The van der Waals surface area contributed by atoms with E-state index in [0.29, 0.717) is 6.04 Å². The molecule has 0 radical (unpaired) electrons. The van der Waals surface area contributed by atoms with E-state index < -0.39 is 0 Å². The van der Waals surface area contributed by atoms with Crippen LogP contribution in [0.5, 0.6) is 0 Å². The summed E-state index contributed by atoms with van der Waals surface area (Å²) in [5, 5.41) is 6.46. The first-order chi connectivity index (χ1) is 7.84. The topological polar surface area (TPSA) is 41.1 Å². The van der Waals surface area contributed by atoms with Crippen molar-refractivity contribution in [3.63, 3.8) is 0 Å². The van der Waals surface area contributed by atoms with E-state index in [0.717, 1.165) is 12.3 Å². The maximum Gasteiger partial charge on any atom is 0.237 e. The second kappa shape index (κ2) is 5.85.